The highest BCUT2D eigenvalue weighted by Crippen LogP contribution is 2.33. The fourth-order valence-electron chi connectivity index (χ4n) is 4.98. The molecule has 2 aliphatic heterocycles. The number of nitrogens with one attached hydrogen (secondary N) is 2. The van der Waals surface area contributed by atoms with Crippen molar-refractivity contribution in [3.8, 4) is 17.2 Å². The Labute approximate surface area is 270 Å². The van der Waals surface area contributed by atoms with E-state index in [1.807, 2.05) is 0 Å². The molecule has 16 heteroatoms. The van der Waals surface area contributed by atoms with Crippen LogP contribution in [0.25, 0.3) is 0 Å². The third kappa shape index (κ3) is 9.17. The lowest BCUT2D eigenvalue weighted by Crippen LogP contribution is -2.34. The number of halogens is 1. The van der Waals surface area contributed by atoms with Gasteiger partial charge in [-0.1, -0.05) is 6.07 Å². The van der Waals surface area contributed by atoms with Gasteiger partial charge in [0.2, 0.25) is 17.8 Å². The third-order valence-electron chi connectivity index (χ3n) is 7.05. The molecule has 15 N–H and O–H groups in total. The zero-order chi connectivity index (χ0) is 27.2. The van der Waals surface area contributed by atoms with Gasteiger partial charge in [-0.2, -0.15) is 15.0 Å². The molecule has 2 aromatic carbocycles. The molecule has 0 unspecified atom stereocenters. The summed E-state index contributed by atoms with van der Waals surface area (Å²) < 4.78 is 10.7. The molecule has 254 valence electrons. The summed E-state index contributed by atoms with van der Waals surface area (Å²) in [6, 6.07) is 9.99. The van der Waals surface area contributed by atoms with E-state index >= 15 is 0 Å². The first-order valence-corrected chi connectivity index (χ1v) is 13.4. The number of carbonyl (C=O) groups excluding carboxylic acids is 1. The SMILES string of the molecule is COc1cccc(OC)c1C(=O)Nc1ccc(Nc2nc(N3CCCCC3)nc(N3CCCCC3)n2)cc1O.Cl.N.N.N.N.[HH].[HH].[HH].[HH]. The van der Waals surface area contributed by atoms with Crippen LogP contribution >= 0.6 is 12.4 Å². The first kappa shape index (κ1) is 39.8. The van der Waals surface area contributed by atoms with Crippen molar-refractivity contribution in [3.63, 3.8) is 0 Å². The third-order valence-corrected chi connectivity index (χ3v) is 7.05. The monoisotopic (exact) mass is 645 g/mol. The van der Waals surface area contributed by atoms with E-state index in [1.165, 1.54) is 33.1 Å². The van der Waals surface area contributed by atoms with Crippen LogP contribution in [-0.4, -0.2) is 66.4 Å². The van der Waals surface area contributed by atoms with E-state index in [4.69, 9.17) is 24.4 Å². The van der Waals surface area contributed by atoms with Crippen LogP contribution in [0.15, 0.2) is 36.4 Å². The molecule has 0 bridgehead atoms. The van der Waals surface area contributed by atoms with Gasteiger partial charge in [0.15, 0.2) is 0 Å². The lowest BCUT2D eigenvalue weighted by atomic mass is 10.1. The number of carbonyl (C=O) groups is 1. The number of aromatic nitrogens is 3. The molecule has 15 nitrogen and oxygen atoms in total. The number of hydrogen-bond acceptors (Lipinski definition) is 14. The maximum absolute atomic E-state index is 13.0. The number of phenols is 1. The second kappa shape index (κ2) is 18.5. The molecule has 2 saturated heterocycles. The van der Waals surface area contributed by atoms with Crippen LogP contribution in [0.5, 0.6) is 17.2 Å². The van der Waals surface area contributed by atoms with Crippen molar-refractivity contribution in [1.29, 1.82) is 0 Å². The first-order valence-electron chi connectivity index (χ1n) is 13.4. The highest BCUT2D eigenvalue weighted by atomic mass is 35.5. The van der Waals surface area contributed by atoms with Gasteiger partial charge in [0.05, 0.1) is 19.9 Å². The van der Waals surface area contributed by atoms with Crippen molar-refractivity contribution >= 4 is 47.5 Å². The minimum absolute atomic E-state index is 0. The van der Waals surface area contributed by atoms with Gasteiger partial charge in [-0.25, -0.2) is 0 Å². The van der Waals surface area contributed by atoms with Crippen LogP contribution in [-0.2, 0) is 0 Å². The van der Waals surface area contributed by atoms with Crippen molar-refractivity contribution in [3.05, 3.63) is 42.0 Å². The molecule has 3 aromatic rings. The number of methoxy groups -OCH3 is 2. The van der Waals surface area contributed by atoms with E-state index in [0.717, 1.165) is 51.9 Å². The fourth-order valence-corrected chi connectivity index (χ4v) is 4.98. The van der Waals surface area contributed by atoms with Gasteiger partial charge in [-0.05, 0) is 62.8 Å². The zero-order valence-electron chi connectivity index (χ0n) is 25.7. The largest absolute Gasteiger partial charge is 0.506 e. The molecule has 1 amide bonds. The Kier molecular flexibility index (Phi) is 16.8. The van der Waals surface area contributed by atoms with Crippen LogP contribution in [0, 0.1) is 0 Å². The number of ether oxygens (including phenoxy) is 2. The molecule has 3 heterocycles. The van der Waals surface area contributed by atoms with Crippen LogP contribution in [0.2, 0.25) is 0 Å². The van der Waals surface area contributed by atoms with Crippen molar-refractivity contribution < 1.29 is 25.1 Å². The lowest BCUT2D eigenvalue weighted by molar-refractivity contribution is 0.102. The van der Waals surface area contributed by atoms with E-state index in [1.54, 1.807) is 30.3 Å². The topological polar surface area (TPSA) is 265 Å². The second-order valence-corrected chi connectivity index (χ2v) is 9.70. The molecule has 1 aromatic heterocycles. The summed E-state index contributed by atoms with van der Waals surface area (Å²) in [5.41, 5.74) is 1.07. The quantitative estimate of drug-likeness (QED) is 0.127. The van der Waals surface area contributed by atoms with Crippen molar-refractivity contribution in [2.45, 2.75) is 38.5 Å². The van der Waals surface area contributed by atoms with E-state index in [0.29, 0.717) is 35.0 Å². The fraction of sp³-hybridized carbons (Fsp3) is 0.429. The average Bonchev–Trinajstić information content (AvgIpc) is 2.98. The Morgan fingerprint density at radius 3 is 1.75 bits per heavy atom. The molecular weight excluding hydrogens is 590 g/mol. The first-order chi connectivity index (χ1) is 19.1. The molecule has 0 atom stereocenters. The Morgan fingerprint density at radius 2 is 1.30 bits per heavy atom. The number of phenolic OH excluding ortho intramolecular Hbond substituents is 1. The molecule has 0 radical (unpaired) electrons. The number of anilines is 5. The van der Waals surface area contributed by atoms with E-state index < -0.39 is 5.91 Å². The predicted octanol–water partition coefficient (Wildman–Crippen LogP) is 6.62. The number of rotatable bonds is 8. The van der Waals surface area contributed by atoms with E-state index in [2.05, 4.69) is 20.4 Å². The Morgan fingerprint density at radius 1 is 0.795 bits per heavy atom. The van der Waals surface area contributed by atoms with Gasteiger partial charge in [-0.15, -0.1) is 12.4 Å². The average molecular weight is 646 g/mol. The molecule has 0 aliphatic carbocycles. The number of nitrogens with zero attached hydrogens (tertiary/aromatic N) is 5. The smallest absolute Gasteiger partial charge is 0.263 e. The van der Waals surface area contributed by atoms with Crippen molar-refractivity contribution in [2.75, 3.05) is 60.8 Å². The number of aromatic hydroxyl groups is 1. The maximum Gasteiger partial charge on any atom is 0.263 e. The molecule has 0 saturated carbocycles. The summed E-state index contributed by atoms with van der Waals surface area (Å²) in [4.78, 5) is 31.7. The number of amides is 1. The second-order valence-electron chi connectivity index (χ2n) is 9.70. The molecule has 0 spiro atoms. The number of hydrogen-bond donors (Lipinski definition) is 7. The number of piperidine rings is 2. The Hall–Kier alpha value is -4.15. The molecule has 44 heavy (non-hydrogen) atoms. The standard InChI is InChI=1S/C28H35N7O4.ClH.4H3N.4H2/c1-38-22-10-9-11-23(39-2)24(22)25(37)30-20-13-12-19(18-21(20)36)29-26-31-27(34-14-5-3-6-15-34)33-28(32-26)35-16-7-4-8-17-35;;;;;;;;;/h9-13,18,36H,3-8,14-17H2,1-2H3,(H,30,37)(H,29,31,32,33);1H;4*1H3;4*1H. The van der Waals surface area contributed by atoms with Crippen molar-refractivity contribution in [1.82, 2.24) is 39.6 Å². The Bertz CT molecular complexity index is 1280. The van der Waals surface area contributed by atoms with Crippen LogP contribution in [0.1, 0.15) is 54.6 Å². The summed E-state index contributed by atoms with van der Waals surface area (Å²) in [5.74, 6) is 1.93. The summed E-state index contributed by atoms with van der Waals surface area (Å²) in [6.07, 6.45) is 6.92. The predicted molar refractivity (Wildman–Crippen MR) is 187 cm³/mol. The van der Waals surface area contributed by atoms with E-state index in [-0.39, 0.29) is 59.7 Å². The van der Waals surface area contributed by atoms with Gasteiger partial charge in [0.1, 0.15) is 22.8 Å². The van der Waals surface area contributed by atoms with Gasteiger partial charge in [0.25, 0.3) is 5.91 Å². The normalized spacial score (nSPS) is 13.8. The van der Waals surface area contributed by atoms with Gasteiger partial charge in [-0.3, -0.25) is 4.79 Å². The molecule has 5 rings (SSSR count). The molecular formula is C28H56ClN11O4. The Balaban J connectivity index is -0.000000685. The van der Waals surface area contributed by atoms with Gasteiger partial charge in [0, 0.05) is 43.6 Å². The summed E-state index contributed by atoms with van der Waals surface area (Å²) >= 11 is 0. The van der Waals surface area contributed by atoms with Gasteiger partial charge < -0.3 is 59.6 Å². The van der Waals surface area contributed by atoms with Crippen LogP contribution in [0.4, 0.5) is 29.2 Å². The number of benzene rings is 2. The van der Waals surface area contributed by atoms with Gasteiger partial charge >= 0.3 is 0 Å². The van der Waals surface area contributed by atoms with Crippen molar-refractivity contribution in [2.24, 2.45) is 0 Å². The van der Waals surface area contributed by atoms with Crippen LogP contribution < -0.4 is 54.5 Å². The summed E-state index contributed by atoms with van der Waals surface area (Å²) in [7, 11) is 2.97. The zero-order valence-corrected chi connectivity index (χ0v) is 26.5. The molecule has 2 fully saturated rings. The summed E-state index contributed by atoms with van der Waals surface area (Å²) in [6.45, 7) is 3.70. The minimum atomic E-state index is -0.463. The lowest BCUT2D eigenvalue weighted by Gasteiger charge is -2.30. The summed E-state index contributed by atoms with van der Waals surface area (Å²) in [5, 5.41) is 16.7. The molecule has 2 aliphatic rings. The maximum atomic E-state index is 13.0. The van der Waals surface area contributed by atoms with E-state index in [9.17, 15) is 9.90 Å². The highest BCUT2D eigenvalue weighted by Gasteiger charge is 2.22. The minimum Gasteiger partial charge on any atom is -0.506 e. The van der Waals surface area contributed by atoms with Crippen LogP contribution in [0.3, 0.4) is 0 Å². The highest BCUT2D eigenvalue weighted by molar-refractivity contribution is 6.09.